The SMILES string of the molecule is CCC(C)NC(=O)c1cccc(CNC(=O)[C@H](C)N)c1.Cl. The third-order valence-corrected chi connectivity index (χ3v) is 3.06. The molecule has 6 heteroatoms. The molecular weight excluding hydrogens is 290 g/mol. The molecular formula is C15H24ClN3O2. The minimum absolute atomic E-state index is 0. The van der Waals surface area contributed by atoms with Gasteiger partial charge in [-0.25, -0.2) is 0 Å². The summed E-state index contributed by atoms with van der Waals surface area (Å²) < 4.78 is 0. The quantitative estimate of drug-likeness (QED) is 0.746. The second-order valence-corrected chi connectivity index (χ2v) is 4.99. The summed E-state index contributed by atoms with van der Waals surface area (Å²) >= 11 is 0. The van der Waals surface area contributed by atoms with Gasteiger partial charge in [0.2, 0.25) is 5.91 Å². The minimum Gasteiger partial charge on any atom is -0.351 e. The van der Waals surface area contributed by atoms with Gasteiger partial charge in [0.25, 0.3) is 5.91 Å². The number of carbonyl (C=O) groups excluding carboxylic acids is 2. The summed E-state index contributed by atoms with van der Waals surface area (Å²) in [5.74, 6) is -0.306. The standard InChI is InChI=1S/C15H23N3O2.ClH/c1-4-10(2)18-15(20)13-7-5-6-12(8-13)9-17-14(19)11(3)16;/h5-8,10-11H,4,9,16H2,1-3H3,(H,17,19)(H,18,20);1H/t10?,11-;/m0./s1. The van der Waals surface area contributed by atoms with E-state index in [9.17, 15) is 9.59 Å². The van der Waals surface area contributed by atoms with Crippen LogP contribution in [0.3, 0.4) is 0 Å². The van der Waals surface area contributed by atoms with Crippen molar-refractivity contribution in [1.82, 2.24) is 10.6 Å². The maximum Gasteiger partial charge on any atom is 0.251 e. The Kier molecular flexibility index (Phi) is 8.66. The van der Waals surface area contributed by atoms with E-state index in [1.807, 2.05) is 19.9 Å². The molecule has 2 amide bonds. The van der Waals surface area contributed by atoms with Gasteiger partial charge in [-0.1, -0.05) is 19.1 Å². The summed E-state index contributed by atoms with van der Waals surface area (Å²) in [5.41, 5.74) is 6.94. The highest BCUT2D eigenvalue weighted by molar-refractivity contribution is 5.94. The van der Waals surface area contributed by atoms with Crippen LogP contribution in [0.2, 0.25) is 0 Å². The second-order valence-electron chi connectivity index (χ2n) is 4.99. The molecule has 1 unspecified atom stereocenters. The number of carbonyl (C=O) groups is 2. The molecule has 118 valence electrons. The summed E-state index contributed by atoms with van der Waals surface area (Å²) in [5, 5.41) is 5.63. The van der Waals surface area contributed by atoms with Gasteiger partial charge in [-0.3, -0.25) is 9.59 Å². The molecule has 0 fully saturated rings. The van der Waals surface area contributed by atoms with Crippen molar-refractivity contribution in [2.24, 2.45) is 5.73 Å². The molecule has 0 aliphatic rings. The normalized spacial score (nSPS) is 12.8. The summed E-state index contributed by atoms with van der Waals surface area (Å²) in [7, 11) is 0. The number of nitrogens with two attached hydrogens (primary N) is 1. The van der Waals surface area contributed by atoms with Crippen LogP contribution in [-0.2, 0) is 11.3 Å². The van der Waals surface area contributed by atoms with E-state index in [-0.39, 0.29) is 30.3 Å². The van der Waals surface area contributed by atoms with E-state index in [4.69, 9.17) is 5.73 Å². The molecule has 0 spiro atoms. The van der Waals surface area contributed by atoms with Crippen LogP contribution < -0.4 is 16.4 Å². The van der Waals surface area contributed by atoms with Crippen molar-refractivity contribution in [3.8, 4) is 0 Å². The van der Waals surface area contributed by atoms with Crippen LogP contribution in [-0.4, -0.2) is 23.9 Å². The Morgan fingerprint density at radius 2 is 1.95 bits per heavy atom. The summed E-state index contributed by atoms with van der Waals surface area (Å²) in [6, 6.07) is 6.81. The molecule has 4 N–H and O–H groups in total. The average Bonchev–Trinajstić information content (AvgIpc) is 2.44. The zero-order valence-electron chi connectivity index (χ0n) is 12.7. The molecule has 1 aromatic rings. The van der Waals surface area contributed by atoms with E-state index in [1.165, 1.54) is 0 Å². The van der Waals surface area contributed by atoms with E-state index in [0.717, 1.165) is 12.0 Å². The Labute approximate surface area is 132 Å². The van der Waals surface area contributed by atoms with Crippen molar-refractivity contribution in [2.45, 2.75) is 45.8 Å². The van der Waals surface area contributed by atoms with Crippen molar-refractivity contribution in [2.75, 3.05) is 0 Å². The van der Waals surface area contributed by atoms with E-state index in [2.05, 4.69) is 10.6 Å². The Bertz CT molecular complexity index is 478. The number of hydrogen-bond donors (Lipinski definition) is 3. The predicted octanol–water partition coefficient (Wildman–Crippen LogP) is 1.60. The smallest absolute Gasteiger partial charge is 0.251 e. The number of amides is 2. The first kappa shape index (κ1) is 19.4. The van der Waals surface area contributed by atoms with Crippen LogP contribution in [0.25, 0.3) is 0 Å². The van der Waals surface area contributed by atoms with Crippen molar-refractivity contribution in [3.05, 3.63) is 35.4 Å². The van der Waals surface area contributed by atoms with Crippen molar-refractivity contribution in [1.29, 1.82) is 0 Å². The van der Waals surface area contributed by atoms with Crippen molar-refractivity contribution >= 4 is 24.2 Å². The number of benzene rings is 1. The molecule has 5 nitrogen and oxygen atoms in total. The summed E-state index contributed by atoms with van der Waals surface area (Å²) in [6.45, 7) is 5.98. The fourth-order valence-corrected chi connectivity index (χ4v) is 1.58. The topological polar surface area (TPSA) is 84.2 Å². The number of nitrogens with one attached hydrogen (secondary N) is 2. The minimum atomic E-state index is -0.535. The molecule has 2 atom stereocenters. The van der Waals surface area contributed by atoms with Gasteiger partial charge in [0.05, 0.1) is 6.04 Å². The van der Waals surface area contributed by atoms with Crippen molar-refractivity contribution < 1.29 is 9.59 Å². The Hall–Kier alpha value is -1.59. The first-order valence-corrected chi connectivity index (χ1v) is 6.87. The van der Waals surface area contributed by atoms with Crippen LogP contribution in [0.15, 0.2) is 24.3 Å². The zero-order valence-corrected chi connectivity index (χ0v) is 13.5. The van der Waals surface area contributed by atoms with Gasteiger partial charge >= 0.3 is 0 Å². The average molecular weight is 314 g/mol. The zero-order chi connectivity index (χ0) is 15.1. The molecule has 1 rings (SSSR count). The molecule has 1 aromatic carbocycles. The number of hydrogen-bond acceptors (Lipinski definition) is 3. The highest BCUT2D eigenvalue weighted by Crippen LogP contribution is 2.06. The van der Waals surface area contributed by atoms with Gasteiger partial charge in [0.15, 0.2) is 0 Å². The number of halogens is 1. The first-order chi connectivity index (χ1) is 9.43. The van der Waals surface area contributed by atoms with Crippen LogP contribution in [0.1, 0.15) is 43.1 Å². The lowest BCUT2D eigenvalue weighted by Crippen LogP contribution is -2.37. The van der Waals surface area contributed by atoms with E-state index < -0.39 is 6.04 Å². The second kappa shape index (κ2) is 9.37. The van der Waals surface area contributed by atoms with Crippen molar-refractivity contribution in [3.63, 3.8) is 0 Å². The molecule has 0 bridgehead atoms. The molecule has 21 heavy (non-hydrogen) atoms. The van der Waals surface area contributed by atoms with Gasteiger partial charge in [-0.05, 0) is 38.0 Å². The molecule has 0 aliphatic heterocycles. The van der Waals surface area contributed by atoms with Crippen LogP contribution >= 0.6 is 12.4 Å². The third-order valence-electron chi connectivity index (χ3n) is 3.06. The largest absolute Gasteiger partial charge is 0.351 e. The summed E-state index contributed by atoms with van der Waals surface area (Å²) in [6.07, 6.45) is 0.885. The van der Waals surface area contributed by atoms with E-state index >= 15 is 0 Å². The highest BCUT2D eigenvalue weighted by atomic mass is 35.5. The van der Waals surface area contributed by atoms with E-state index in [1.54, 1.807) is 25.1 Å². The molecule has 0 saturated carbocycles. The maximum absolute atomic E-state index is 12.0. The molecule has 0 radical (unpaired) electrons. The molecule has 0 heterocycles. The Morgan fingerprint density at radius 3 is 2.52 bits per heavy atom. The maximum atomic E-state index is 12.0. The lowest BCUT2D eigenvalue weighted by molar-refractivity contribution is -0.122. The highest BCUT2D eigenvalue weighted by Gasteiger charge is 2.10. The summed E-state index contributed by atoms with van der Waals surface area (Å²) in [4.78, 5) is 23.4. The lowest BCUT2D eigenvalue weighted by atomic mass is 10.1. The number of rotatable bonds is 6. The predicted molar refractivity (Wildman–Crippen MR) is 86.4 cm³/mol. The first-order valence-electron chi connectivity index (χ1n) is 6.87. The molecule has 0 aromatic heterocycles. The fraction of sp³-hybridized carbons (Fsp3) is 0.467. The van der Waals surface area contributed by atoms with Gasteiger partial charge in [-0.2, -0.15) is 0 Å². The van der Waals surface area contributed by atoms with E-state index in [0.29, 0.717) is 12.1 Å². The van der Waals surface area contributed by atoms with Gasteiger partial charge in [0.1, 0.15) is 0 Å². The van der Waals surface area contributed by atoms with Gasteiger partial charge in [0, 0.05) is 18.2 Å². The van der Waals surface area contributed by atoms with Crippen LogP contribution in [0.4, 0.5) is 0 Å². The third kappa shape index (κ3) is 6.60. The lowest BCUT2D eigenvalue weighted by Gasteiger charge is -2.12. The fourth-order valence-electron chi connectivity index (χ4n) is 1.58. The van der Waals surface area contributed by atoms with Gasteiger partial charge in [-0.15, -0.1) is 12.4 Å². The Balaban J connectivity index is 0.00000400. The monoisotopic (exact) mass is 313 g/mol. The molecule has 0 aliphatic carbocycles. The van der Waals surface area contributed by atoms with Crippen LogP contribution in [0, 0.1) is 0 Å². The molecule has 0 saturated heterocycles. The van der Waals surface area contributed by atoms with Crippen LogP contribution in [0.5, 0.6) is 0 Å². The van der Waals surface area contributed by atoms with Gasteiger partial charge < -0.3 is 16.4 Å². The Morgan fingerprint density at radius 1 is 1.29 bits per heavy atom.